The van der Waals surface area contributed by atoms with Gasteiger partial charge in [-0.05, 0) is 37.8 Å². The first-order valence-electron chi connectivity index (χ1n) is 8.68. The SMILES string of the molecule is [SiH3]N([SiH2]N([SiH3])C1CCCCCC1)C1CCCCCC1. The third kappa shape index (κ3) is 5.46. The van der Waals surface area contributed by atoms with Gasteiger partial charge in [-0.3, -0.25) is 0 Å². The Morgan fingerprint density at radius 3 is 1.21 bits per heavy atom. The van der Waals surface area contributed by atoms with Gasteiger partial charge >= 0.3 is 0 Å². The van der Waals surface area contributed by atoms with Crippen LogP contribution in [0.25, 0.3) is 0 Å². The molecule has 112 valence electrons. The van der Waals surface area contributed by atoms with E-state index in [1.54, 1.807) is 0 Å². The fourth-order valence-electron chi connectivity index (χ4n) is 3.98. The van der Waals surface area contributed by atoms with E-state index in [1.807, 2.05) is 0 Å². The summed E-state index contributed by atoms with van der Waals surface area (Å²) in [6, 6.07) is 1.98. The highest BCUT2D eigenvalue weighted by atomic mass is 28.3. The van der Waals surface area contributed by atoms with Crippen molar-refractivity contribution in [1.29, 1.82) is 0 Å². The van der Waals surface area contributed by atoms with E-state index in [-0.39, 0.29) is 9.84 Å². The van der Waals surface area contributed by atoms with E-state index in [0.29, 0.717) is 0 Å². The zero-order valence-corrected chi connectivity index (χ0v) is 18.7. The van der Waals surface area contributed by atoms with Gasteiger partial charge in [-0.25, -0.2) is 0 Å². The summed E-state index contributed by atoms with van der Waals surface area (Å²) in [6.07, 6.45) is 18.1. The lowest BCUT2D eigenvalue weighted by atomic mass is 10.1. The molecule has 2 aliphatic carbocycles. The molecule has 0 amide bonds. The lowest BCUT2D eigenvalue weighted by Gasteiger charge is -2.35. The molecule has 0 heterocycles. The Hall–Kier alpha value is 0.571. The van der Waals surface area contributed by atoms with Crippen molar-refractivity contribution in [1.82, 2.24) is 8.46 Å². The van der Waals surface area contributed by atoms with Gasteiger partial charge in [0.05, 0.1) is 20.8 Å². The van der Waals surface area contributed by atoms with Gasteiger partial charge in [0.1, 0.15) is 0 Å². The average Bonchev–Trinajstić information content (AvgIpc) is 2.83. The smallest absolute Gasteiger partial charge is 0.158 e. The van der Waals surface area contributed by atoms with Crippen LogP contribution >= 0.6 is 0 Å². The molecule has 0 aromatic heterocycles. The number of hydrogen-bond donors (Lipinski definition) is 0. The lowest BCUT2D eigenvalue weighted by Crippen LogP contribution is -2.48. The Labute approximate surface area is 128 Å². The first-order chi connectivity index (χ1) is 9.27. The van der Waals surface area contributed by atoms with E-state index in [9.17, 15) is 0 Å². The zero-order chi connectivity index (χ0) is 13.5. The monoisotopic (exact) mass is 314 g/mol. The topological polar surface area (TPSA) is 6.48 Å². The number of rotatable bonds is 4. The van der Waals surface area contributed by atoms with Crippen LogP contribution in [0.2, 0.25) is 0 Å². The maximum absolute atomic E-state index is 2.95. The maximum Gasteiger partial charge on any atom is 0.158 e. The second-order valence-corrected chi connectivity index (χ2v) is 14.1. The number of hydrogen-bond acceptors (Lipinski definition) is 2. The largest absolute Gasteiger partial charge is 0.344 e. The van der Waals surface area contributed by atoms with E-state index in [2.05, 4.69) is 8.46 Å². The van der Waals surface area contributed by atoms with E-state index in [0.717, 1.165) is 12.1 Å². The normalized spacial score (nSPS) is 25.6. The standard InChI is InChI=1S/C14H34N2Si3/c17-15(13-9-5-1-2-6-10-13)19-16(18)14-11-7-3-4-8-12-14/h13-14H,1-12,19H2,17-18H3. The first-order valence-corrected chi connectivity index (χ1v) is 11.7. The summed E-state index contributed by atoms with van der Waals surface area (Å²) in [4.78, 5) is 0. The molecule has 0 unspecified atom stereocenters. The van der Waals surface area contributed by atoms with Crippen molar-refractivity contribution in [2.24, 2.45) is 0 Å². The predicted molar refractivity (Wildman–Crippen MR) is 95.1 cm³/mol. The summed E-state index contributed by atoms with van der Waals surface area (Å²) < 4.78 is 5.90. The van der Waals surface area contributed by atoms with E-state index in [4.69, 9.17) is 0 Å². The third-order valence-corrected chi connectivity index (χ3v) is 10.4. The van der Waals surface area contributed by atoms with E-state index >= 15 is 0 Å². The maximum atomic E-state index is 2.95. The van der Waals surface area contributed by atoms with Crippen molar-refractivity contribution in [2.75, 3.05) is 0 Å². The Morgan fingerprint density at radius 1 is 0.579 bits per heavy atom. The van der Waals surface area contributed by atoms with Crippen LogP contribution in [0.15, 0.2) is 0 Å². The Morgan fingerprint density at radius 2 is 0.895 bits per heavy atom. The van der Waals surface area contributed by atoms with Crippen LogP contribution in [0.4, 0.5) is 0 Å². The summed E-state index contributed by atoms with van der Waals surface area (Å²) in [5.41, 5.74) is 0. The molecule has 2 saturated carbocycles. The first kappa shape index (κ1) is 16.0. The molecule has 19 heavy (non-hydrogen) atoms. The summed E-state index contributed by atoms with van der Waals surface area (Å²) in [5, 5.41) is 0. The average molecular weight is 315 g/mol. The minimum Gasteiger partial charge on any atom is -0.344 e. The molecule has 0 bridgehead atoms. The third-order valence-electron chi connectivity index (χ3n) is 5.34. The lowest BCUT2D eigenvalue weighted by molar-refractivity contribution is 0.371. The van der Waals surface area contributed by atoms with Crippen LogP contribution in [-0.4, -0.2) is 51.2 Å². The molecule has 0 spiro atoms. The number of nitrogens with zero attached hydrogens (tertiary/aromatic N) is 2. The molecular weight excluding hydrogens is 280 g/mol. The van der Waals surface area contributed by atoms with Crippen LogP contribution in [0.3, 0.4) is 0 Å². The van der Waals surface area contributed by atoms with Crippen molar-refractivity contribution >= 4 is 30.7 Å². The van der Waals surface area contributed by atoms with Gasteiger partial charge in [0, 0.05) is 0 Å². The summed E-state index contributed by atoms with van der Waals surface area (Å²) in [7, 11) is 2.57. The molecular formula is C14H34N2Si3. The van der Waals surface area contributed by atoms with Gasteiger partial charge in [-0.15, -0.1) is 0 Å². The molecule has 2 nitrogen and oxygen atoms in total. The molecule has 0 radical (unpaired) electrons. The zero-order valence-electron chi connectivity index (χ0n) is 13.2. The fraction of sp³-hybridized carbons (Fsp3) is 1.00. The van der Waals surface area contributed by atoms with Crippen LogP contribution in [0.5, 0.6) is 0 Å². The van der Waals surface area contributed by atoms with Crippen molar-refractivity contribution in [3.05, 3.63) is 0 Å². The van der Waals surface area contributed by atoms with Gasteiger partial charge < -0.3 is 8.46 Å². The van der Waals surface area contributed by atoms with E-state index in [1.165, 1.54) is 97.9 Å². The van der Waals surface area contributed by atoms with E-state index < -0.39 is 0 Å². The van der Waals surface area contributed by atoms with Crippen LogP contribution in [-0.2, 0) is 0 Å². The van der Waals surface area contributed by atoms with Crippen molar-refractivity contribution in [2.45, 2.75) is 89.1 Å². The molecule has 2 fully saturated rings. The molecule has 0 aromatic carbocycles. The van der Waals surface area contributed by atoms with Gasteiger partial charge in [0.15, 0.2) is 9.84 Å². The van der Waals surface area contributed by atoms with Gasteiger partial charge in [-0.1, -0.05) is 51.4 Å². The highest BCUT2D eigenvalue weighted by Crippen LogP contribution is 2.23. The quantitative estimate of drug-likeness (QED) is 0.554. The van der Waals surface area contributed by atoms with Crippen molar-refractivity contribution < 1.29 is 0 Å². The summed E-state index contributed by atoms with van der Waals surface area (Å²) in [5.74, 6) is 0. The van der Waals surface area contributed by atoms with Crippen LogP contribution in [0.1, 0.15) is 77.0 Å². The second kappa shape index (κ2) is 8.77. The van der Waals surface area contributed by atoms with Gasteiger partial charge in [0.25, 0.3) is 0 Å². The molecule has 0 N–H and O–H groups in total. The molecule has 0 aromatic rings. The Balaban J connectivity index is 1.77. The molecule has 0 atom stereocenters. The Bertz CT molecular complexity index is 213. The van der Waals surface area contributed by atoms with Crippen LogP contribution < -0.4 is 0 Å². The highest BCUT2D eigenvalue weighted by molar-refractivity contribution is 6.46. The Kier molecular flexibility index (Phi) is 7.36. The molecule has 5 heteroatoms. The van der Waals surface area contributed by atoms with Crippen molar-refractivity contribution in [3.8, 4) is 0 Å². The molecule has 2 aliphatic rings. The van der Waals surface area contributed by atoms with Crippen molar-refractivity contribution in [3.63, 3.8) is 0 Å². The van der Waals surface area contributed by atoms with Gasteiger partial charge in [-0.2, -0.15) is 0 Å². The fourth-order valence-corrected chi connectivity index (χ4v) is 11.3. The summed E-state index contributed by atoms with van der Waals surface area (Å²) in [6.45, 7) is 0. The molecule has 0 aliphatic heterocycles. The second-order valence-electron chi connectivity index (χ2n) is 6.95. The highest BCUT2D eigenvalue weighted by Gasteiger charge is 2.21. The molecule has 2 rings (SSSR count). The molecule has 0 saturated heterocycles. The van der Waals surface area contributed by atoms with Crippen LogP contribution in [0, 0.1) is 0 Å². The predicted octanol–water partition coefficient (Wildman–Crippen LogP) is 0.596. The minimum absolute atomic E-state index is 0.0704. The van der Waals surface area contributed by atoms with Gasteiger partial charge in [0.2, 0.25) is 0 Å². The minimum atomic E-state index is -0.0704. The summed E-state index contributed by atoms with van der Waals surface area (Å²) >= 11 is 0.